The Labute approximate surface area is 142 Å². The van der Waals surface area contributed by atoms with Crippen molar-refractivity contribution in [1.29, 1.82) is 0 Å². The van der Waals surface area contributed by atoms with Gasteiger partial charge in [0.1, 0.15) is 23.6 Å². The molecule has 0 aliphatic rings. The van der Waals surface area contributed by atoms with Crippen LogP contribution in [0.25, 0.3) is 0 Å². The number of carbonyl (C=O) groups excluding carboxylic acids is 1. The summed E-state index contributed by atoms with van der Waals surface area (Å²) in [6, 6.07) is 9.49. The molecule has 0 aliphatic heterocycles. The van der Waals surface area contributed by atoms with Gasteiger partial charge in [0.15, 0.2) is 0 Å². The fourth-order valence-corrected chi connectivity index (χ4v) is 2.17. The van der Waals surface area contributed by atoms with Crippen molar-refractivity contribution >= 4 is 11.7 Å². The summed E-state index contributed by atoms with van der Waals surface area (Å²) in [4.78, 5) is 20.3. The molecule has 0 unspecified atom stereocenters. The van der Waals surface area contributed by atoms with Crippen molar-refractivity contribution in [2.45, 2.75) is 26.2 Å². The molecule has 0 saturated carbocycles. The third kappa shape index (κ3) is 5.53. The van der Waals surface area contributed by atoms with Gasteiger partial charge in [-0.2, -0.15) is 0 Å². The summed E-state index contributed by atoms with van der Waals surface area (Å²) in [7, 11) is 1.64. The predicted octanol–water partition coefficient (Wildman–Crippen LogP) is 2.67. The van der Waals surface area contributed by atoms with Crippen LogP contribution in [0, 0.1) is 0 Å². The first-order valence-corrected chi connectivity index (χ1v) is 8.20. The number of methoxy groups -OCH3 is 1. The second-order valence-corrected chi connectivity index (χ2v) is 5.42. The second kappa shape index (κ2) is 9.50. The summed E-state index contributed by atoms with van der Waals surface area (Å²) in [5.74, 6) is 1.31. The van der Waals surface area contributed by atoms with E-state index in [1.807, 2.05) is 24.3 Å². The Hall–Kier alpha value is -2.63. The van der Waals surface area contributed by atoms with E-state index in [4.69, 9.17) is 4.74 Å². The van der Waals surface area contributed by atoms with Gasteiger partial charge in [-0.25, -0.2) is 9.97 Å². The van der Waals surface area contributed by atoms with Crippen LogP contribution in [0.5, 0.6) is 5.75 Å². The summed E-state index contributed by atoms with van der Waals surface area (Å²) in [5, 5.41) is 6.07. The van der Waals surface area contributed by atoms with Crippen LogP contribution >= 0.6 is 0 Å². The molecule has 0 saturated heterocycles. The zero-order valence-electron chi connectivity index (χ0n) is 14.2. The first-order chi connectivity index (χ1) is 11.7. The molecule has 0 radical (unpaired) electrons. The number of ether oxygens (including phenoxy) is 1. The number of hydrogen-bond acceptors (Lipinski definition) is 5. The fourth-order valence-electron chi connectivity index (χ4n) is 2.17. The highest BCUT2D eigenvalue weighted by Gasteiger charge is 2.08. The van der Waals surface area contributed by atoms with Gasteiger partial charge < -0.3 is 15.4 Å². The quantitative estimate of drug-likeness (QED) is 0.692. The lowest BCUT2D eigenvalue weighted by atomic mass is 10.1. The van der Waals surface area contributed by atoms with Crippen molar-refractivity contribution in [2.24, 2.45) is 0 Å². The summed E-state index contributed by atoms with van der Waals surface area (Å²) in [6.07, 6.45) is 4.33. The third-order valence-corrected chi connectivity index (χ3v) is 3.59. The molecule has 128 valence electrons. The van der Waals surface area contributed by atoms with E-state index < -0.39 is 0 Å². The Kier molecular flexibility index (Phi) is 7.01. The minimum atomic E-state index is -0.190. The number of benzene rings is 1. The van der Waals surface area contributed by atoms with Crippen molar-refractivity contribution < 1.29 is 9.53 Å². The van der Waals surface area contributed by atoms with Crippen LogP contribution in [-0.2, 0) is 6.42 Å². The monoisotopic (exact) mass is 328 g/mol. The highest BCUT2D eigenvalue weighted by molar-refractivity contribution is 5.92. The maximum atomic E-state index is 12.2. The maximum absolute atomic E-state index is 12.2. The molecule has 0 bridgehead atoms. The molecule has 1 amide bonds. The van der Waals surface area contributed by atoms with Crippen molar-refractivity contribution in [1.82, 2.24) is 15.3 Å². The van der Waals surface area contributed by atoms with E-state index in [0.717, 1.165) is 37.1 Å². The molecule has 6 nitrogen and oxygen atoms in total. The van der Waals surface area contributed by atoms with Gasteiger partial charge in [-0.15, -0.1) is 0 Å². The van der Waals surface area contributed by atoms with Gasteiger partial charge in [0.2, 0.25) is 0 Å². The first-order valence-electron chi connectivity index (χ1n) is 8.20. The Morgan fingerprint density at radius 2 is 1.96 bits per heavy atom. The molecular formula is C18H24N4O2. The lowest BCUT2D eigenvalue weighted by Gasteiger charge is -2.08. The number of amides is 1. The minimum Gasteiger partial charge on any atom is -0.497 e. The Morgan fingerprint density at radius 1 is 1.17 bits per heavy atom. The Morgan fingerprint density at radius 3 is 2.67 bits per heavy atom. The van der Waals surface area contributed by atoms with Crippen LogP contribution in [-0.4, -0.2) is 36.1 Å². The van der Waals surface area contributed by atoms with Gasteiger partial charge in [-0.1, -0.05) is 25.5 Å². The van der Waals surface area contributed by atoms with Crippen molar-refractivity contribution in [3.8, 4) is 5.75 Å². The molecular weight excluding hydrogens is 304 g/mol. The van der Waals surface area contributed by atoms with Gasteiger partial charge >= 0.3 is 0 Å². The molecule has 1 aromatic carbocycles. The molecule has 0 spiro atoms. The lowest BCUT2D eigenvalue weighted by molar-refractivity contribution is 0.0949. The molecule has 2 N–H and O–H groups in total. The molecule has 1 aromatic heterocycles. The topological polar surface area (TPSA) is 76.1 Å². The third-order valence-electron chi connectivity index (χ3n) is 3.59. The number of nitrogens with one attached hydrogen (secondary N) is 2. The number of nitrogens with zero attached hydrogens (tertiary/aromatic N) is 2. The maximum Gasteiger partial charge on any atom is 0.270 e. The van der Waals surface area contributed by atoms with Crippen molar-refractivity contribution in [2.75, 3.05) is 25.5 Å². The van der Waals surface area contributed by atoms with Crippen molar-refractivity contribution in [3.63, 3.8) is 0 Å². The van der Waals surface area contributed by atoms with Crippen LogP contribution in [0.4, 0.5) is 5.82 Å². The number of unbranched alkanes of at least 4 members (excludes halogenated alkanes) is 1. The van der Waals surface area contributed by atoms with E-state index in [1.54, 1.807) is 13.2 Å². The SMILES string of the molecule is CCCCNc1cc(C(=O)NCCc2ccc(OC)cc2)ncn1. The molecule has 0 fully saturated rings. The Bertz CT molecular complexity index is 644. The number of aromatic nitrogens is 2. The lowest BCUT2D eigenvalue weighted by Crippen LogP contribution is -2.26. The molecule has 6 heteroatoms. The smallest absolute Gasteiger partial charge is 0.270 e. The van der Waals surface area contributed by atoms with E-state index >= 15 is 0 Å². The largest absolute Gasteiger partial charge is 0.497 e. The van der Waals surface area contributed by atoms with Crippen molar-refractivity contribution in [3.05, 3.63) is 47.9 Å². The van der Waals surface area contributed by atoms with Crippen LogP contribution in [0.3, 0.4) is 0 Å². The molecule has 1 heterocycles. The normalized spacial score (nSPS) is 10.2. The van der Waals surface area contributed by atoms with Gasteiger partial charge in [-0.3, -0.25) is 4.79 Å². The number of rotatable bonds is 9. The van der Waals surface area contributed by atoms with Crippen LogP contribution < -0.4 is 15.4 Å². The van der Waals surface area contributed by atoms with Gasteiger partial charge in [0.25, 0.3) is 5.91 Å². The minimum absolute atomic E-state index is 0.190. The zero-order chi connectivity index (χ0) is 17.2. The van der Waals surface area contributed by atoms with Crippen LogP contribution in [0.1, 0.15) is 35.8 Å². The molecule has 24 heavy (non-hydrogen) atoms. The fraction of sp³-hybridized carbons (Fsp3) is 0.389. The van der Waals surface area contributed by atoms with Gasteiger partial charge in [0.05, 0.1) is 7.11 Å². The summed E-state index contributed by atoms with van der Waals surface area (Å²) in [6.45, 7) is 3.52. The van der Waals surface area contributed by atoms with Gasteiger partial charge in [0, 0.05) is 19.2 Å². The van der Waals surface area contributed by atoms with E-state index in [0.29, 0.717) is 18.1 Å². The van der Waals surface area contributed by atoms with Crippen LogP contribution in [0.15, 0.2) is 36.7 Å². The standard InChI is InChI=1S/C18H24N4O2/c1-3-4-10-19-17-12-16(21-13-22-17)18(23)20-11-9-14-5-7-15(24-2)8-6-14/h5-8,12-13H,3-4,9-11H2,1-2H3,(H,20,23)(H,19,21,22). The Balaban J connectivity index is 1.82. The summed E-state index contributed by atoms with van der Waals surface area (Å²) < 4.78 is 5.13. The van der Waals surface area contributed by atoms with E-state index in [-0.39, 0.29) is 5.91 Å². The average molecular weight is 328 g/mol. The van der Waals surface area contributed by atoms with E-state index in [1.165, 1.54) is 6.33 Å². The molecule has 0 atom stereocenters. The predicted molar refractivity (Wildman–Crippen MR) is 94.5 cm³/mol. The molecule has 2 aromatic rings. The van der Waals surface area contributed by atoms with Gasteiger partial charge in [-0.05, 0) is 30.5 Å². The number of hydrogen-bond donors (Lipinski definition) is 2. The highest BCUT2D eigenvalue weighted by Crippen LogP contribution is 2.11. The summed E-state index contributed by atoms with van der Waals surface area (Å²) in [5.41, 5.74) is 1.51. The number of anilines is 1. The number of carbonyl (C=O) groups is 1. The van der Waals surface area contributed by atoms with Crippen LogP contribution in [0.2, 0.25) is 0 Å². The first kappa shape index (κ1) is 17.7. The molecule has 0 aliphatic carbocycles. The summed E-state index contributed by atoms with van der Waals surface area (Å²) >= 11 is 0. The highest BCUT2D eigenvalue weighted by atomic mass is 16.5. The van der Waals surface area contributed by atoms with E-state index in [9.17, 15) is 4.79 Å². The second-order valence-electron chi connectivity index (χ2n) is 5.42. The average Bonchev–Trinajstić information content (AvgIpc) is 2.63. The van der Waals surface area contributed by atoms with E-state index in [2.05, 4.69) is 27.5 Å². The molecule has 2 rings (SSSR count). The zero-order valence-corrected chi connectivity index (χ0v) is 14.2.